The zero-order chi connectivity index (χ0) is 34.6. The third kappa shape index (κ3) is 4.78. The van der Waals surface area contributed by atoms with Gasteiger partial charge in [-0.1, -0.05) is 121 Å². The molecule has 3 aromatic heterocycles. The number of hydrogen-bond acceptors (Lipinski definition) is 3. The van der Waals surface area contributed by atoms with E-state index in [1.165, 1.54) is 0 Å². The van der Waals surface area contributed by atoms with Gasteiger partial charge in [-0.05, 0) is 59.7 Å². The van der Waals surface area contributed by atoms with Crippen LogP contribution < -0.4 is 0 Å². The van der Waals surface area contributed by atoms with E-state index in [9.17, 15) is 0 Å². The molecule has 0 saturated carbocycles. The quantitative estimate of drug-likeness (QED) is 0.172. The van der Waals surface area contributed by atoms with Gasteiger partial charge in [-0.25, -0.2) is 14.8 Å². The van der Waals surface area contributed by atoms with Crippen LogP contribution in [0.5, 0.6) is 0 Å². The lowest BCUT2D eigenvalue weighted by atomic mass is 9.99. The van der Waals surface area contributed by atoms with Gasteiger partial charge in [0.05, 0.1) is 34.4 Å². The standard InChI is InChI=1S/C47H28N4O/c1-48-39-21-11-8-18-35(39)32-26-33(47-49-40(30-14-4-2-5-15-30)29-41(50-47)31-16-6-3-7-17-31)28-34(27-32)51-42-22-12-9-19-36(42)37-24-25-44-45(46(37)51)38-20-10-13-23-43(38)52-44/h2-29H. The Hall–Kier alpha value is -7.29. The lowest BCUT2D eigenvalue weighted by Crippen LogP contribution is -1.99. The molecule has 52 heavy (non-hydrogen) atoms. The Kier molecular flexibility index (Phi) is 6.80. The highest BCUT2D eigenvalue weighted by atomic mass is 16.3. The molecule has 0 aliphatic heterocycles. The van der Waals surface area contributed by atoms with Crippen molar-refractivity contribution >= 4 is 49.4 Å². The second kappa shape index (κ2) is 11.9. The summed E-state index contributed by atoms with van der Waals surface area (Å²) in [6.07, 6.45) is 0. The molecule has 3 heterocycles. The normalized spacial score (nSPS) is 11.4. The summed E-state index contributed by atoms with van der Waals surface area (Å²) in [5, 5.41) is 4.41. The van der Waals surface area contributed by atoms with Gasteiger partial charge in [0.15, 0.2) is 11.5 Å². The van der Waals surface area contributed by atoms with Crippen molar-refractivity contribution in [2.45, 2.75) is 0 Å². The Balaban J connectivity index is 1.32. The Morgan fingerprint density at radius 3 is 1.88 bits per heavy atom. The number of nitrogens with zero attached hydrogens (tertiary/aromatic N) is 4. The Bertz CT molecular complexity index is 2970. The monoisotopic (exact) mass is 664 g/mol. The van der Waals surface area contributed by atoms with Crippen LogP contribution in [-0.4, -0.2) is 14.5 Å². The van der Waals surface area contributed by atoms with Crippen LogP contribution in [0.1, 0.15) is 0 Å². The van der Waals surface area contributed by atoms with Gasteiger partial charge in [-0.15, -0.1) is 0 Å². The molecule has 0 aliphatic rings. The lowest BCUT2D eigenvalue weighted by Gasteiger charge is -2.15. The zero-order valence-corrected chi connectivity index (χ0v) is 27.9. The molecular formula is C47H28N4O. The summed E-state index contributed by atoms with van der Waals surface area (Å²) < 4.78 is 8.74. The first kappa shape index (κ1) is 29.6. The van der Waals surface area contributed by atoms with Gasteiger partial charge in [-0.3, -0.25) is 0 Å². The van der Waals surface area contributed by atoms with Gasteiger partial charge in [-0.2, -0.15) is 0 Å². The van der Waals surface area contributed by atoms with E-state index >= 15 is 0 Å². The number of hydrogen-bond donors (Lipinski definition) is 0. The van der Waals surface area contributed by atoms with Gasteiger partial charge in [0, 0.05) is 38.5 Å². The maximum atomic E-state index is 8.04. The fraction of sp³-hybridized carbons (Fsp3) is 0. The second-order valence-electron chi connectivity index (χ2n) is 12.9. The molecule has 0 spiro atoms. The molecule has 0 aliphatic carbocycles. The molecule has 10 aromatic rings. The van der Waals surface area contributed by atoms with Crippen molar-refractivity contribution < 1.29 is 4.42 Å². The maximum absolute atomic E-state index is 8.04. The van der Waals surface area contributed by atoms with Crippen LogP contribution in [-0.2, 0) is 0 Å². The highest BCUT2D eigenvalue weighted by Gasteiger charge is 2.21. The highest BCUT2D eigenvalue weighted by molar-refractivity contribution is 6.24. The van der Waals surface area contributed by atoms with E-state index in [1.807, 2.05) is 72.8 Å². The minimum atomic E-state index is 0.583. The van der Waals surface area contributed by atoms with Gasteiger partial charge < -0.3 is 8.98 Å². The summed E-state index contributed by atoms with van der Waals surface area (Å²) in [6.45, 7) is 8.04. The molecule has 10 rings (SSSR count). The van der Waals surface area contributed by atoms with Gasteiger partial charge in [0.1, 0.15) is 11.2 Å². The van der Waals surface area contributed by atoms with E-state index in [1.54, 1.807) is 0 Å². The molecule has 0 atom stereocenters. The van der Waals surface area contributed by atoms with E-state index in [0.717, 1.165) is 88.6 Å². The average molecular weight is 665 g/mol. The number of aromatic nitrogens is 3. The topological polar surface area (TPSA) is 48.2 Å². The summed E-state index contributed by atoms with van der Waals surface area (Å²) in [5.74, 6) is 0.600. The molecular weight excluding hydrogens is 637 g/mol. The molecule has 0 bridgehead atoms. The van der Waals surface area contributed by atoms with Crippen molar-refractivity contribution in [2.24, 2.45) is 0 Å². The van der Waals surface area contributed by atoms with Crippen molar-refractivity contribution in [2.75, 3.05) is 0 Å². The highest BCUT2D eigenvalue weighted by Crippen LogP contribution is 2.43. The van der Waals surface area contributed by atoms with E-state index in [4.69, 9.17) is 21.0 Å². The van der Waals surface area contributed by atoms with Gasteiger partial charge in [0.2, 0.25) is 0 Å². The molecule has 0 radical (unpaired) electrons. The van der Waals surface area contributed by atoms with E-state index in [0.29, 0.717) is 11.5 Å². The van der Waals surface area contributed by atoms with Crippen LogP contribution in [0.15, 0.2) is 174 Å². The van der Waals surface area contributed by atoms with E-state index in [2.05, 4.69) is 106 Å². The molecule has 242 valence electrons. The number of furan rings is 1. The molecule has 0 saturated heterocycles. The maximum Gasteiger partial charge on any atom is 0.194 e. The summed E-state index contributed by atoms with van der Waals surface area (Å²) in [5.41, 5.74) is 11.6. The summed E-state index contributed by atoms with van der Waals surface area (Å²) in [7, 11) is 0. The minimum absolute atomic E-state index is 0.583. The van der Waals surface area contributed by atoms with Gasteiger partial charge >= 0.3 is 0 Å². The lowest BCUT2D eigenvalue weighted by molar-refractivity contribution is 0.669. The molecule has 5 nitrogen and oxygen atoms in total. The van der Waals surface area contributed by atoms with Crippen LogP contribution in [0.25, 0.3) is 99.3 Å². The number of benzene rings is 7. The third-order valence-electron chi connectivity index (χ3n) is 9.81. The average Bonchev–Trinajstić information content (AvgIpc) is 3.77. The Labute approximate surface area is 299 Å². The van der Waals surface area contributed by atoms with E-state index in [-0.39, 0.29) is 0 Å². The van der Waals surface area contributed by atoms with Crippen LogP contribution in [0.2, 0.25) is 0 Å². The summed E-state index contributed by atoms with van der Waals surface area (Å²) in [6, 6.07) is 57.7. The first-order chi connectivity index (χ1) is 25.7. The minimum Gasteiger partial charge on any atom is -0.456 e. The molecule has 0 unspecified atom stereocenters. The van der Waals surface area contributed by atoms with Crippen molar-refractivity contribution in [3.05, 3.63) is 181 Å². The molecule has 5 heteroatoms. The second-order valence-corrected chi connectivity index (χ2v) is 12.9. The summed E-state index contributed by atoms with van der Waals surface area (Å²) in [4.78, 5) is 14.3. The predicted octanol–water partition coefficient (Wildman–Crippen LogP) is 12.7. The Morgan fingerprint density at radius 2 is 1.13 bits per heavy atom. The van der Waals surface area contributed by atoms with E-state index < -0.39 is 0 Å². The number of fused-ring (bicyclic) bond motifs is 7. The largest absolute Gasteiger partial charge is 0.456 e. The first-order valence-electron chi connectivity index (χ1n) is 17.2. The summed E-state index contributed by atoms with van der Waals surface area (Å²) >= 11 is 0. The van der Waals surface area contributed by atoms with Crippen molar-refractivity contribution in [3.8, 4) is 50.7 Å². The molecule has 7 aromatic carbocycles. The van der Waals surface area contributed by atoms with Crippen LogP contribution in [0.3, 0.4) is 0 Å². The molecule has 0 amide bonds. The van der Waals surface area contributed by atoms with Crippen LogP contribution in [0, 0.1) is 6.57 Å². The SMILES string of the molecule is [C-]#[N+]c1ccccc1-c1cc(-c2nc(-c3ccccc3)cc(-c3ccccc3)n2)cc(-n2c3ccccc3c3ccc4oc5ccccc5c4c32)c1. The number of rotatable bonds is 5. The smallest absolute Gasteiger partial charge is 0.194 e. The molecule has 0 N–H and O–H groups in total. The zero-order valence-electron chi connectivity index (χ0n) is 27.9. The Morgan fingerprint density at radius 1 is 0.500 bits per heavy atom. The van der Waals surface area contributed by atoms with Crippen LogP contribution in [0.4, 0.5) is 5.69 Å². The predicted molar refractivity (Wildman–Crippen MR) is 212 cm³/mol. The number of para-hydroxylation sites is 3. The third-order valence-corrected chi connectivity index (χ3v) is 9.81. The van der Waals surface area contributed by atoms with Crippen LogP contribution >= 0.6 is 0 Å². The first-order valence-corrected chi connectivity index (χ1v) is 17.2. The van der Waals surface area contributed by atoms with Gasteiger partial charge in [0.25, 0.3) is 0 Å². The van der Waals surface area contributed by atoms with Crippen molar-refractivity contribution in [3.63, 3.8) is 0 Å². The fourth-order valence-corrected chi connectivity index (χ4v) is 7.46. The van der Waals surface area contributed by atoms with Crippen molar-refractivity contribution in [1.29, 1.82) is 0 Å². The molecule has 0 fully saturated rings. The fourth-order valence-electron chi connectivity index (χ4n) is 7.46. The van der Waals surface area contributed by atoms with Crippen molar-refractivity contribution in [1.82, 2.24) is 14.5 Å².